The van der Waals surface area contributed by atoms with E-state index in [1.807, 2.05) is 0 Å². The van der Waals surface area contributed by atoms with Crippen LogP contribution in [0.5, 0.6) is 0 Å². The minimum Gasteiger partial charge on any atom is -0.206 e. The van der Waals surface area contributed by atoms with Gasteiger partial charge in [0.1, 0.15) is 0 Å². The zero-order valence-electron chi connectivity index (χ0n) is 4.22. The average Bonchev–Trinajstić information content (AvgIpc) is 1.59. The molecule has 62 valence electrons. The fourth-order valence-corrected chi connectivity index (χ4v) is 0.433. The lowest BCUT2D eigenvalue weighted by molar-refractivity contribution is -0.139. The van der Waals surface area contributed by atoms with Gasteiger partial charge in [0, 0.05) is 0 Å². The van der Waals surface area contributed by atoms with Gasteiger partial charge in [0.15, 0.2) is 5.38 Å². The van der Waals surface area contributed by atoms with E-state index < -0.39 is 16.1 Å². The highest BCUT2D eigenvalue weighted by Crippen LogP contribution is 2.40. The average molecular weight is 219 g/mol. The molecule has 0 radical (unpaired) electrons. The van der Waals surface area contributed by atoms with E-state index in [9.17, 15) is 17.6 Å². The fourth-order valence-electron chi connectivity index (χ4n) is 0.186. The highest BCUT2D eigenvalue weighted by atomic mass is 35.5. The molecule has 0 saturated carbocycles. The molecule has 0 aliphatic carbocycles. The lowest BCUT2D eigenvalue weighted by Crippen LogP contribution is -2.35. The fraction of sp³-hybridized carbons (Fsp3) is 1.00. The van der Waals surface area contributed by atoms with Crippen LogP contribution in [0.3, 0.4) is 0 Å². The highest BCUT2D eigenvalue weighted by molar-refractivity contribution is 6.51. The predicted octanol–water partition coefficient (Wildman–Crippen LogP) is 3.26. The van der Waals surface area contributed by atoms with Crippen molar-refractivity contribution < 1.29 is 17.6 Å². The molecule has 0 nitrogen and oxygen atoms in total. The van der Waals surface area contributed by atoms with Crippen molar-refractivity contribution in [1.29, 1.82) is 0 Å². The van der Waals surface area contributed by atoms with Gasteiger partial charge >= 0.3 is 6.18 Å². The topological polar surface area (TPSA) is 0 Å². The maximum Gasteiger partial charge on any atom is 0.410 e. The van der Waals surface area contributed by atoms with Crippen LogP contribution in [0.4, 0.5) is 17.6 Å². The molecule has 0 bridgehead atoms. The smallest absolute Gasteiger partial charge is 0.206 e. The van der Waals surface area contributed by atoms with Crippen LogP contribution in [0.1, 0.15) is 0 Å². The summed E-state index contributed by atoms with van der Waals surface area (Å²) in [5.41, 5.74) is 0. The second-order valence-corrected chi connectivity index (χ2v) is 3.18. The minimum atomic E-state index is -4.93. The van der Waals surface area contributed by atoms with Crippen molar-refractivity contribution in [1.82, 2.24) is 0 Å². The molecule has 0 aromatic heterocycles. The Balaban J connectivity index is 4.23. The molecular formula is C3HCl3F4. The van der Waals surface area contributed by atoms with Gasteiger partial charge in [0.05, 0.1) is 0 Å². The first-order valence-electron chi connectivity index (χ1n) is 1.93. The van der Waals surface area contributed by atoms with Crippen LogP contribution >= 0.6 is 34.8 Å². The van der Waals surface area contributed by atoms with Crippen LogP contribution in [0.25, 0.3) is 0 Å². The standard InChI is InChI=1S/C3HCl3F4/c4-1(2(5,6)7)3(8,9)10/h1H/t1-/m0/s1. The summed E-state index contributed by atoms with van der Waals surface area (Å²) in [6.07, 6.45) is -4.93. The van der Waals surface area contributed by atoms with E-state index in [4.69, 9.17) is 0 Å². The molecule has 0 rings (SSSR count). The lowest BCUT2D eigenvalue weighted by Gasteiger charge is -2.18. The maximum atomic E-state index is 12.0. The number of hydrogen-bond donors (Lipinski definition) is 0. The second kappa shape index (κ2) is 2.91. The van der Waals surface area contributed by atoms with Gasteiger partial charge in [-0.1, -0.05) is 23.2 Å². The van der Waals surface area contributed by atoms with E-state index in [2.05, 4.69) is 34.8 Å². The largest absolute Gasteiger partial charge is 0.410 e. The van der Waals surface area contributed by atoms with Crippen molar-refractivity contribution in [3.05, 3.63) is 0 Å². The van der Waals surface area contributed by atoms with Gasteiger partial charge in [0.2, 0.25) is 0 Å². The van der Waals surface area contributed by atoms with Crippen LogP contribution in [0, 0.1) is 0 Å². The Morgan fingerprint density at radius 3 is 1.30 bits per heavy atom. The van der Waals surface area contributed by atoms with Gasteiger partial charge in [-0.2, -0.15) is 13.2 Å². The first-order valence-corrected chi connectivity index (χ1v) is 3.12. The maximum absolute atomic E-state index is 12.0. The van der Waals surface area contributed by atoms with E-state index in [1.54, 1.807) is 0 Å². The van der Waals surface area contributed by atoms with Crippen LogP contribution in [-0.2, 0) is 0 Å². The summed E-state index contributed by atoms with van der Waals surface area (Å²) in [5.74, 6) is 0. The molecule has 10 heavy (non-hydrogen) atoms. The number of halogens is 7. The molecule has 0 aliphatic heterocycles. The zero-order chi connectivity index (χ0) is 8.58. The van der Waals surface area contributed by atoms with Crippen LogP contribution in [0.2, 0.25) is 0 Å². The molecule has 0 spiro atoms. The molecule has 0 aliphatic rings. The molecular weight excluding hydrogens is 218 g/mol. The molecule has 0 aromatic rings. The van der Waals surface area contributed by atoms with Gasteiger partial charge in [0.25, 0.3) is 4.59 Å². The number of alkyl halides is 7. The molecule has 0 N–H and O–H groups in total. The summed E-state index contributed by atoms with van der Waals surface area (Å²) in [7, 11) is 0. The number of hydrogen-bond acceptors (Lipinski definition) is 0. The summed E-state index contributed by atoms with van der Waals surface area (Å²) < 4.78 is 42.7. The first kappa shape index (κ1) is 10.6. The Labute approximate surface area is 69.0 Å². The molecule has 0 aromatic carbocycles. The van der Waals surface area contributed by atoms with E-state index in [-0.39, 0.29) is 0 Å². The van der Waals surface area contributed by atoms with Crippen molar-refractivity contribution in [2.45, 2.75) is 16.1 Å². The Bertz CT molecular complexity index is 99.9. The minimum absolute atomic E-state index is 2.90. The summed E-state index contributed by atoms with van der Waals surface area (Å²) in [6, 6.07) is 0. The molecule has 0 unspecified atom stereocenters. The van der Waals surface area contributed by atoms with Gasteiger partial charge in [-0.25, -0.2) is 4.39 Å². The van der Waals surface area contributed by atoms with Gasteiger partial charge in [-0.3, -0.25) is 0 Å². The molecule has 0 saturated heterocycles. The van der Waals surface area contributed by atoms with Crippen molar-refractivity contribution >= 4 is 34.8 Å². The predicted molar refractivity (Wildman–Crippen MR) is 31.2 cm³/mol. The van der Waals surface area contributed by atoms with Crippen LogP contribution in [-0.4, -0.2) is 16.1 Å². The Hall–Kier alpha value is 0.590. The Morgan fingerprint density at radius 1 is 1.00 bits per heavy atom. The monoisotopic (exact) mass is 218 g/mol. The van der Waals surface area contributed by atoms with Crippen LogP contribution in [0.15, 0.2) is 0 Å². The molecule has 0 fully saturated rings. The number of rotatable bonds is 1. The van der Waals surface area contributed by atoms with E-state index in [1.165, 1.54) is 0 Å². The van der Waals surface area contributed by atoms with Crippen molar-refractivity contribution in [2.24, 2.45) is 0 Å². The van der Waals surface area contributed by atoms with Gasteiger partial charge in [-0.15, -0.1) is 11.6 Å². The van der Waals surface area contributed by atoms with E-state index >= 15 is 0 Å². The molecule has 0 heterocycles. The van der Waals surface area contributed by atoms with Crippen molar-refractivity contribution in [3.8, 4) is 0 Å². The van der Waals surface area contributed by atoms with Crippen molar-refractivity contribution in [3.63, 3.8) is 0 Å². The molecule has 7 heteroatoms. The first-order chi connectivity index (χ1) is 4.15. The Kier molecular flexibility index (Phi) is 3.08. The third-order valence-corrected chi connectivity index (χ3v) is 1.78. The van der Waals surface area contributed by atoms with E-state index in [0.717, 1.165) is 0 Å². The molecule has 0 amide bonds. The summed E-state index contributed by atoms with van der Waals surface area (Å²) in [6.45, 7) is 0. The SMILES string of the molecule is FC(F)(F)[C@@H](Cl)C(F)(Cl)Cl. The summed E-state index contributed by atoms with van der Waals surface area (Å²) >= 11 is 13.3. The molecule has 1 atom stereocenters. The van der Waals surface area contributed by atoms with E-state index in [0.29, 0.717) is 0 Å². The normalized spacial score (nSPS) is 17.1. The summed E-state index contributed by atoms with van der Waals surface area (Å²) in [5, 5.41) is -2.90. The quantitative estimate of drug-likeness (QED) is 0.469. The lowest BCUT2D eigenvalue weighted by atomic mass is 10.4. The highest BCUT2D eigenvalue weighted by Gasteiger charge is 2.52. The Morgan fingerprint density at radius 2 is 1.30 bits per heavy atom. The second-order valence-electron chi connectivity index (χ2n) is 1.45. The van der Waals surface area contributed by atoms with Crippen molar-refractivity contribution in [2.75, 3.05) is 0 Å². The zero-order valence-corrected chi connectivity index (χ0v) is 6.49. The van der Waals surface area contributed by atoms with Gasteiger partial charge in [-0.05, 0) is 0 Å². The van der Waals surface area contributed by atoms with Gasteiger partial charge < -0.3 is 0 Å². The summed E-state index contributed by atoms with van der Waals surface area (Å²) in [4.78, 5) is 0. The third kappa shape index (κ3) is 3.12. The van der Waals surface area contributed by atoms with Crippen LogP contribution < -0.4 is 0 Å². The third-order valence-electron chi connectivity index (χ3n) is 0.575.